The van der Waals surface area contributed by atoms with E-state index >= 15 is 0 Å². The van der Waals surface area contributed by atoms with E-state index in [0.29, 0.717) is 15.6 Å². The Morgan fingerprint density at radius 3 is 2.48 bits per heavy atom. The Labute approximate surface area is 209 Å². The van der Waals surface area contributed by atoms with Crippen molar-refractivity contribution in [2.75, 3.05) is 5.75 Å². The minimum Gasteiger partial charge on any atom is -0.352 e. The second kappa shape index (κ2) is 12.6. The topological polar surface area (TPSA) is 49.4 Å². The average molecular weight is 511 g/mol. The molecule has 1 aliphatic carbocycles. The molecule has 1 aliphatic rings. The number of carbonyl (C=O) groups excluding carboxylic acids is 2. The normalized spacial score (nSPS) is 15.2. The molecule has 178 valence electrons. The maximum atomic E-state index is 14.1. The molecule has 0 heterocycles. The molecule has 1 fully saturated rings. The van der Waals surface area contributed by atoms with Crippen molar-refractivity contribution in [3.05, 3.63) is 69.5 Å². The lowest BCUT2D eigenvalue weighted by atomic mass is 9.95. The van der Waals surface area contributed by atoms with Crippen LogP contribution in [0.5, 0.6) is 0 Å². The number of amides is 2. The summed E-state index contributed by atoms with van der Waals surface area (Å²) in [5.74, 6) is -0.408. The van der Waals surface area contributed by atoms with Gasteiger partial charge in [-0.05, 0) is 43.5 Å². The summed E-state index contributed by atoms with van der Waals surface area (Å²) in [6.45, 7) is 1.96. The molecule has 0 unspecified atom stereocenters. The van der Waals surface area contributed by atoms with E-state index in [1.165, 1.54) is 24.2 Å². The van der Waals surface area contributed by atoms with Gasteiger partial charge >= 0.3 is 0 Å². The molecule has 3 rings (SSSR count). The molecule has 8 heteroatoms. The van der Waals surface area contributed by atoms with E-state index in [1.54, 1.807) is 30.0 Å². The highest BCUT2D eigenvalue weighted by Gasteiger charge is 2.28. The van der Waals surface area contributed by atoms with Gasteiger partial charge in [0, 0.05) is 33.9 Å². The summed E-state index contributed by atoms with van der Waals surface area (Å²) in [4.78, 5) is 27.8. The van der Waals surface area contributed by atoms with Gasteiger partial charge in [0.15, 0.2) is 0 Å². The van der Waals surface area contributed by atoms with Gasteiger partial charge in [-0.15, -0.1) is 11.8 Å². The van der Waals surface area contributed by atoms with Crippen LogP contribution in [0.1, 0.15) is 50.2 Å². The molecule has 33 heavy (non-hydrogen) atoms. The van der Waals surface area contributed by atoms with Crippen LogP contribution in [0.3, 0.4) is 0 Å². The van der Waals surface area contributed by atoms with Gasteiger partial charge in [-0.2, -0.15) is 0 Å². The number of thioether (sulfide) groups is 1. The van der Waals surface area contributed by atoms with Crippen LogP contribution in [0.4, 0.5) is 4.39 Å². The Balaban J connectivity index is 1.69. The zero-order chi connectivity index (χ0) is 23.8. The molecule has 0 bridgehead atoms. The summed E-state index contributed by atoms with van der Waals surface area (Å²) in [5, 5.41) is 3.99. The molecule has 1 saturated carbocycles. The maximum Gasteiger partial charge on any atom is 0.242 e. The van der Waals surface area contributed by atoms with Gasteiger partial charge < -0.3 is 10.2 Å². The van der Waals surface area contributed by atoms with E-state index in [1.807, 2.05) is 18.2 Å². The number of nitrogens with one attached hydrogen (secondary N) is 1. The highest BCUT2D eigenvalue weighted by atomic mass is 35.5. The first-order valence-corrected chi connectivity index (χ1v) is 13.1. The standard InChI is InChI=1S/C25H29Cl2FN2O2S/c1-17(25(32)29-19-9-3-2-4-10-19)30(14-18-8-5-6-11-21(18)26)24(31)16-33-15-20-22(27)12-7-13-23(20)28/h5-8,11-13,17,19H,2-4,9-10,14-16H2,1H3,(H,29,32)/t17-/m0/s1. The summed E-state index contributed by atoms with van der Waals surface area (Å²) >= 11 is 13.7. The number of halogens is 3. The van der Waals surface area contributed by atoms with Crippen LogP contribution in [0.15, 0.2) is 42.5 Å². The smallest absolute Gasteiger partial charge is 0.242 e. The lowest BCUT2D eigenvalue weighted by molar-refractivity contribution is -0.139. The third kappa shape index (κ3) is 7.36. The molecule has 0 radical (unpaired) electrons. The third-order valence-electron chi connectivity index (χ3n) is 5.95. The molecule has 4 nitrogen and oxygen atoms in total. The lowest BCUT2D eigenvalue weighted by Crippen LogP contribution is -2.50. The Bertz CT molecular complexity index is 949. The monoisotopic (exact) mass is 510 g/mol. The molecule has 1 atom stereocenters. The number of hydrogen-bond donors (Lipinski definition) is 1. The van der Waals surface area contributed by atoms with Crippen molar-refractivity contribution in [3.8, 4) is 0 Å². The van der Waals surface area contributed by atoms with Gasteiger partial charge in [0.2, 0.25) is 11.8 Å². The Hall–Kier alpha value is -1.76. The molecule has 0 aromatic heterocycles. The van der Waals surface area contributed by atoms with Crippen LogP contribution in [0, 0.1) is 5.82 Å². The van der Waals surface area contributed by atoms with E-state index in [2.05, 4.69) is 5.32 Å². The molecular weight excluding hydrogens is 482 g/mol. The molecular formula is C25H29Cl2FN2O2S. The molecule has 0 aliphatic heterocycles. The number of benzene rings is 2. The molecule has 2 aromatic rings. The number of hydrogen-bond acceptors (Lipinski definition) is 3. The van der Waals surface area contributed by atoms with Crippen molar-refractivity contribution in [2.45, 2.75) is 63.4 Å². The van der Waals surface area contributed by atoms with E-state index in [9.17, 15) is 14.0 Å². The summed E-state index contributed by atoms with van der Waals surface area (Å²) < 4.78 is 14.1. The SMILES string of the molecule is C[C@@H](C(=O)NC1CCCCC1)N(Cc1ccccc1Cl)C(=O)CSCc1c(F)cccc1Cl. The predicted octanol–water partition coefficient (Wildman–Crippen LogP) is 6.23. The number of carbonyl (C=O) groups is 2. The summed E-state index contributed by atoms with van der Waals surface area (Å²) in [6, 6.07) is 11.3. The first-order valence-electron chi connectivity index (χ1n) is 11.2. The summed E-state index contributed by atoms with van der Waals surface area (Å²) in [7, 11) is 0. The fraction of sp³-hybridized carbons (Fsp3) is 0.440. The first kappa shape index (κ1) is 25.9. The first-order chi connectivity index (χ1) is 15.9. The quantitative estimate of drug-likeness (QED) is 0.434. The van der Waals surface area contributed by atoms with Gasteiger partial charge in [-0.1, -0.05) is 66.7 Å². The molecule has 2 aromatic carbocycles. The Morgan fingerprint density at radius 1 is 1.09 bits per heavy atom. The Morgan fingerprint density at radius 2 is 1.79 bits per heavy atom. The van der Waals surface area contributed by atoms with Crippen molar-refractivity contribution in [2.24, 2.45) is 0 Å². The molecule has 0 saturated heterocycles. The predicted molar refractivity (Wildman–Crippen MR) is 134 cm³/mol. The van der Waals surface area contributed by atoms with Crippen LogP contribution in [0.2, 0.25) is 10.0 Å². The summed E-state index contributed by atoms with van der Waals surface area (Å²) in [6.07, 6.45) is 5.35. The minimum atomic E-state index is -0.659. The van der Waals surface area contributed by atoms with Crippen LogP contribution < -0.4 is 5.32 Å². The number of nitrogens with zero attached hydrogens (tertiary/aromatic N) is 1. The third-order valence-corrected chi connectivity index (χ3v) is 7.62. The van der Waals surface area contributed by atoms with Crippen LogP contribution >= 0.6 is 35.0 Å². The van der Waals surface area contributed by atoms with Crippen LogP contribution in [-0.2, 0) is 21.9 Å². The summed E-state index contributed by atoms with van der Waals surface area (Å²) in [5.41, 5.74) is 1.14. The van der Waals surface area contributed by atoms with E-state index in [-0.39, 0.29) is 35.9 Å². The fourth-order valence-corrected chi connectivity index (χ4v) is 5.40. The van der Waals surface area contributed by atoms with E-state index in [4.69, 9.17) is 23.2 Å². The fourth-order valence-electron chi connectivity index (χ4n) is 3.96. The highest BCUT2D eigenvalue weighted by molar-refractivity contribution is 7.99. The van der Waals surface area contributed by atoms with Crippen molar-refractivity contribution in [1.82, 2.24) is 10.2 Å². The molecule has 2 amide bonds. The van der Waals surface area contributed by atoms with Crippen LogP contribution in [0.25, 0.3) is 0 Å². The zero-order valence-electron chi connectivity index (χ0n) is 18.7. The van der Waals surface area contributed by atoms with Crippen LogP contribution in [-0.4, -0.2) is 34.6 Å². The van der Waals surface area contributed by atoms with Crippen molar-refractivity contribution in [3.63, 3.8) is 0 Å². The van der Waals surface area contributed by atoms with Gasteiger partial charge in [0.05, 0.1) is 5.75 Å². The lowest BCUT2D eigenvalue weighted by Gasteiger charge is -2.31. The minimum absolute atomic E-state index is 0.0934. The van der Waals surface area contributed by atoms with Gasteiger partial charge in [0.1, 0.15) is 11.9 Å². The van der Waals surface area contributed by atoms with Crippen molar-refractivity contribution >= 4 is 46.8 Å². The average Bonchev–Trinajstić information content (AvgIpc) is 2.80. The number of rotatable bonds is 9. The van der Waals surface area contributed by atoms with E-state index in [0.717, 1.165) is 31.2 Å². The highest BCUT2D eigenvalue weighted by Crippen LogP contribution is 2.25. The zero-order valence-corrected chi connectivity index (χ0v) is 21.0. The second-order valence-corrected chi connectivity index (χ2v) is 10.1. The van der Waals surface area contributed by atoms with Gasteiger partial charge in [0.25, 0.3) is 0 Å². The van der Waals surface area contributed by atoms with E-state index < -0.39 is 11.9 Å². The van der Waals surface area contributed by atoms with Gasteiger partial charge in [-0.25, -0.2) is 4.39 Å². The molecule has 0 spiro atoms. The van der Waals surface area contributed by atoms with Gasteiger partial charge in [-0.3, -0.25) is 9.59 Å². The molecule has 1 N–H and O–H groups in total. The second-order valence-electron chi connectivity index (χ2n) is 8.33. The Kier molecular flexibility index (Phi) is 9.90. The largest absolute Gasteiger partial charge is 0.352 e. The van der Waals surface area contributed by atoms with Crippen molar-refractivity contribution < 1.29 is 14.0 Å². The maximum absolute atomic E-state index is 14.1. The van der Waals surface area contributed by atoms with Crippen molar-refractivity contribution in [1.29, 1.82) is 0 Å².